The van der Waals surface area contributed by atoms with Crippen LogP contribution >= 0.6 is 11.8 Å². The van der Waals surface area contributed by atoms with E-state index >= 15 is 0 Å². The van der Waals surface area contributed by atoms with E-state index in [0.29, 0.717) is 6.61 Å². The zero-order valence-electron chi connectivity index (χ0n) is 9.14. The first-order chi connectivity index (χ1) is 7.79. The van der Waals surface area contributed by atoms with Crippen molar-refractivity contribution < 1.29 is 4.74 Å². The molecule has 86 valence electrons. The topological polar surface area (TPSA) is 63.9 Å². The average Bonchev–Trinajstić information content (AvgIpc) is 2.69. The Morgan fingerprint density at radius 1 is 1.50 bits per heavy atom. The molecule has 3 N–H and O–H groups in total. The standard InChI is InChI=1S/C11H15N3OS/c1-15-6-8(12)7-16-11-13-9-4-2-3-5-10(9)14-11/h2-5,8H,6-7,12H2,1H3,(H,13,14). The smallest absolute Gasteiger partial charge is 0.166 e. The Morgan fingerprint density at radius 2 is 2.31 bits per heavy atom. The highest BCUT2D eigenvalue weighted by molar-refractivity contribution is 7.99. The number of benzene rings is 1. The molecule has 0 fully saturated rings. The van der Waals surface area contributed by atoms with E-state index in [1.165, 1.54) is 0 Å². The molecule has 0 saturated carbocycles. The number of para-hydroxylation sites is 2. The molecule has 0 aliphatic rings. The zero-order valence-corrected chi connectivity index (χ0v) is 9.96. The minimum Gasteiger partial charge on any atom is -0.383 e. The molecule has 1 heterocycles. The summed E-state index contributed by atoms with van der Waals surface area (Å²) in [6.45, 7) is 0.577. The van der Waals surface area contributed by atoms with Gasteiger partial charge in [0.15, 0.2) is 5.16 Å². The molecule has 16 heavy (non-hydrogen) atoms. The van der Waals surface area contributed by atoms with Crippen LogP contribution in [0.1, 0.15) is 0 Å². The van der Waals surface area contributed by atoms with Crippen LogP contribution in [-0.4, -0.2) is 35.5 Å². The van der Waals surface area contributed by atoms with Crippen molar-refractivity contribution in [3.8, 4) is 0 Å². The van der Waals surface area contributed by atoms with Gasteiger partial charge in [0.1, 0.15) is 0 Å². The number of hydrogen-bond donors (Lipinski definition) is 2. The summed E-state index contributed by atoms with van der Waals surface area (Å²) in [6, 6.07) is 8.02. The van der Waals surface area contributed by atoms with Crippen LogP contribution in [0.2, 0.25) is 0 Å². The quantitative estimate of drug-likeness (QED) is 0.776. The second-order valence-corrected chi connectivity index (χ2v) is 4.59. The van der Waals surface area contributed by atoms with Crippen LogP contribution in [-0.2, 0) is 4.74 Å². The maximum atomic E-state index is 5.84. The molecule has 0 amide bonds. The molecule has 1 aromatic carbocycles. The van der Waals surface area contributed by atoms with Gasteiger partial charge in [0.25, 0.3) is 0 Å². The number of nitrogens with two attached hydrogens (primary N) is 1. The van der Waals surface area contributed by atoms with Crippen LogP contribution in [0.25, 0.3) is 11.0 Å². The van der Waals surface area contributed by atoms with E-state index in [2.05, 4.69) is 9.97 Å². The predicted octanol–water partition coefficient (Wildman–Crippen LogP) is 1.63. The van der Waals surface area contributed by atoms with Crippen LogP contribution in [0.5, 0.6) is 0 Å². The lowest BCUT2D eigenvalue weighted by molar-refractivity contribution is 0.186. The second kappa shape index (κ2) is 5.34. The highest BCUT2D eigenvalue weighted by Crippen LogP contribution is 2.19. The maximum absolute atomic E-state index is 5.84. The molecule has 0 bridgehead atoms. The average molecular weight is 237 g/mol. The Hall–Kier alpha value is -1.04. The van der Waals surface area contributed by atoms with Crippen LogP contribution < -0.4 is 5.73 Å². The summed E-state index contributed by atoms with van der Waals surface area (Å²) in [4.78, 5) is 7.70. The molecule has 5 heteroatoms. The summed E-state index contributed by atoms with van der Waals surface area (Å²) < 4.78 is 4.98. The number of rotatable bonds is 5. The van der Waals surface area contributed by atoms with Crippen molar-refractivity contribution in [3.63, 3.8) is 0 Å². The van der Waals surface area contributed by atoms with Gasteiger partial charge in [-0.05, 0) is 12.1 Å². The largest absolute Gasteiger partial charge is 0.383 e. The monoisotopic (exact) mass is 237 g/mol. The molecule has 0 spiro atoms. The third-order valence-electron chi connectivity index (χ3n) is 2.18. The number of nitrogens with zero attached hydrogens (tertiary/aromatic N) is 1. The third kappa shape index (κ3) is 2.75. The highest BCUT2D eigenvalue weighted by atomic mass is 32.2. The van der Waals surface area contributed by atoms with Crippen LogP contribution in [0.15, 0.2) is 29.4 Å². The summed E-state index contributed by atoms with van der Waals surface area (Å²) in [6.07, 6.45) is 0. The maximum Gasteiger partial charge on any atom is 0.166 e. The first kappa shape index (κ1) is 11.4. The Morgan fingerprint density at radius 3 is 3.06 bits per heavy atom. The molecular weight excluding hydrogens is 222 g/mol. The van der Waals surface area contributed by atoms with Gasteiger partial charge in [-0.25, -0.2) is 4.98 Å². The number of methoxy groups -OCH3 is 1. The van der Waals surface area contributed by atoms with Crippen molar-refractivity contribution in [3.05, 3.63) is 24.3 Å². The summed E-state index contributed by atoms with van der Waals surface area (Å²) in [5.74, 6) is 0.799. The molecule has 4 nitrogen and oxygen atoms in total. The molecule has 1 atom stereocenters. The van der Waals surface area contributed by atoms with E-state index in [1.54, 1.807) is 18.9 Å². The van der Waals surface area contributed by atoms with Gasteiger partial charge < -0.3 is 15.5 Å². The Bertz CT molecular complexity index is 424. The van der Waals surface area contributed by atoms with E-state index in [1.807, 2.05) is 24.3 Å². The van der Waals surface area contributed by atoms with Crippen LogP contribution in [0.4, 0.5) is 0 Å². The number of hydrogen-bond acceptors (Lipinski definition) is 4. The van der Waals surface area contributed by atoms with Gasteiger partial charge in [0.05, 0.1) is 17.6 Å². The molecule has 1 unspecified atom stereocenters. The summed E-state index contributed by atoms with van der Waals surface area (Å²) >= 11 is 1.62. The van der Waals surface area contributed by atoms with Crippen molar-refractivity contribution in [2.24, 2.45) is 5.73 Å². The number of thioether (sulfide) groups is 1. The van der Waals surface area contributed by atoms with Crippen molar-refractivity contribution in [1.29, 1.82) is 0 Å². The highest BCUT2D eigenvalue weighted by Gasteiger charge is 2.06. The number of aromatic amines is 1. The van der Waals surface area contributed by atoms with E-state index < -0.39 is 0 Å². The van der Waals surface area contributed by atoms with Gasteiger partial charge in [-0.2, -0.15) is 0 Å². The van der Waals surface area contributed by atoms with Crippen molar-refractivity contribution >= 4 is 22.8 Å². The summed E-state index contributed by atoms with van der Waals surface area (Å²) in [7, 11) is 1.66. The number of H-pyrrole nitrogens is 1. The fourth-order valence-electron chi connectivity index (χ4n) is 1.45. The van der Waals surface area contributed by atoms with E-state index in [4.69, 9.17) is 10.5 Å². The van der Waals surface area contributed by atoms with Gasteiger partial charge in [0, 0.05) is 18.9 Å². The minimum atomic E-state index is 0.0446. The fourth-order valence-corrected chi connectivity index (χ4v) is 2.26. The number of fused-ring (bicyclic) bond motifs is 1. The lowest BCUT2D eigenvalue weighted by Gasteiger charge is -2.07. The molecule has 1 aromatic heterocycles. The SMILES string of the molecule is COCC(N)CSc1nc2ccccc2[nH]1. The molecule has 0 radical (unpaired) electrons. The van der Waals surface area contributed by atoms with E-state index in [-0.39, 0.29) is 6.04 Å². The van der Waals surface area contributed by atoms with Gasteiger partial charge >= 0.3 is 0 Å². The summed E-state index contributed by atoms with van der Waals surface area (Å²) in [5.41, 5.74) is 7.89. The van der Waals surface area contributed by atoms with Gasteiger partial charge in [-0.15, -0.1) is 0 Å². The number of ether oxygens (including phenoxy) is 1. The molecule has 0 aliphatic heterocycles. The van der Waals surface area contributed by atoms with E-state index in [0.717, 1.165) is 21.9 Å². The Balaban J connectivity index is 1.99. The van der Waals surface area contributed by atoms with Crippen molar-refractivity contribution in [2.75, 3.05) is 19.5 Å². The molecule has 0 aliphatic carbocycles. The molecule has 0 saturated heterocycles. The summed E-state index contributed by atoms with van der Waals surface area (Å²) in [5, 5.41) is 0.910. The lowest BCUT2D eigenvalue weighted by Crippen LogP contribution is -2.28. The van der Waals surface area contributed by atoms with Crippen LogP contribution in [0, 0.1) is 0 Å². The molecular formula is C11H15N3OS. The fraction of sp³-hybridized carbons (Fsp3) is 0.364. The van der Waals surface area contributed by atoms with Crippen molar-refractivity contribution in [1.82, 2.24) is 9.97 Å². The van der Waals surface area contributed by atoms with E-state index in [9.17, 15) is 0 Å². The first-order valence-corrected chi connectivity index (χ1v) is 6.10. The van der Waals surface area contributed by atoms with Gasteiger partial charge in [-0.3, -0.25) is 0 Å². The third-order valence-corrected chi connectivity index (χ3v) is 3.24. The normalized spacial score (nSPS) is 13.1. The number of imidazole rings is 1. The molecule has 2 aromatic rings. The first-order valence-electron chi connectivity index (χ1n) is 5.11. The second-order valence-electron chi connectivity index (χ2n) is 3.59. The lowest BCUT2D eigenvalue weighted by atomic mass is 10.3. The Kier molecular flexibility index (Phi) is 3.82. The minimum absolute atomic E-state index is 0.0446. The van der Waals surface area contributed by atoms with Crippen molar-refractivity contribution in [2.45, 2.75) is 11.2 Å². The zero-order chi connectivity index (χ0) is 11.4. The van der Waals surface area contributed by atoms with Gasteiger partial charge in [-0.1, -0.05) is 23.9 Å². The van der Waals surface area contributed by atoms with Crippen LogP contribution in [0.3, 0.4) is 0 Å². The number of aromatic nitrogens is 2. The Labute approximate surface area is 98.6 Å². The van der Waals surface area contributed by atoms with Gasteiger partial charge in [0.2, 0.25) is 0 Å². The number of nitrogens with one attached hydrogen (secondary N) is 1. The molecule has 2 rings (SSSR count). The predicted molar refractivity (Wildman–Crippen MR) is 66.7 cm³/mol.